The molecule has 9 rings (SSSR count). The van der Waals surface area contributed by atoms with Crippen molar-refractivity contribution in [3.05, 3.63) is 158 Å². The maximum Gasteiger partial charge on any atom is 0.164 e. The van der Waals surface area contributed by atoms with Crippen LogP contribution in [0.2, 0.25) is 0 Å². The van der Waals surface area contributed by atoms with Crippen LogP contribution in [-0.4, -0.2) is 19.9 Å². The van der Waals surface area contributed by atoms with Crippen molar-refractivity contribution in [1.82, 2.24) is 19.9 Å². The van der Waals surface area contributed by atoms with Gasteiger partial charge in [0.1, 0.15) is 11.1 Å². The molecule has 0 radical (unpaired) electrons. The van der Waals surface area contributed by atoms with Crippen LogP contribution in [0, 0.1) is 0 Å². The van der Waals surface area contributed by atoms with Crippen molar-refractivity contribution in [2.45, 2.75) is 0 Å². The van der Waals surface area contributed by atoms with Gasteiger partial charge < -0.3 is 4.42 Å². The minimum Gasteiger partial charge on any atom is -0.454 e. The molecule has 0 aliphatic carbocycles. The maximum atomic E-state index is 6.15. The van der Waals surface area contributed by atoms with Gasteiger partial charge in [-0.05, 0) is 63.4 Å². The van der Waals surface area contributed by atoms with Crippen LogP contribution in [0.4, 0.5) is 0 Å². The zero-order valence-electron chi connectivity index (χ0n) is 25.2. The van der Waals surface area contributed by atoms with E-state index < -0.39 is 0 Å². The van der Waals surface area contributed by atoms with E-state index in [0.29, 0.717) is 17.5 Å². The van der Waals surface area contributed by atoms with Crippen LogP contribution in [0.15, 0.2) is 162 Å². The SMILES string of the molecule is c1ccc(-c2ccc(-c3nc(-c4ccc(-c5ccc6ccccc6c5)cc4)nc(-c4ccc5c(c4)oc4cccnc45)n3)cc2)cc1. The third-order valence-electron chi connectivity index (χ3n) is 8.60. The molecule has 0 N–H and O–H groups in total. The summed E-state index contributed by atoms with van der Waals surface area (Å²) in [5, 5.41) is 3.41. The lowest BCUT2D eigenvalue weighted by molar-refractivity contribution is 0.668. The van der Waals surface area contributed by atoms with Gasteiger partial charge in [-0.15, -0.1) is 0 Å². The molecule has 6 aromatic carbocycles. The van der Waals surface area contributed by atoms with Gasteiger partial charge in [0.15, 0.2) is 23.1 Å². The zero-order chi connectivity index (χ0) is 31.2. The first-order valence-electron chi connectivity index (χ1n) is 15.5. The monoisotopic (exact) mass is 602 g/mol. The predicted octanol–water partition coefficient (Wildman–Crippen LogP) is 10.7. The molecule has 0 bridgehead atoms. The zero-order valence-corrected chi connectivity index (χ0v) is 25.2. The van der Waals surface area contributed by atoms with E-state index >= 15 is 0 Å². The summed E-state index contributed by atoms with van der Waals surface area (Å²) < 4.78 is 6.15. The van der Waals surface area contributed by atoms with Gasteiger partial charge in [-0.3, -0.25) is 4.98 Å². The molecule has 0 saturated heterocycles. The van der Waals surface area contributed by atoms with Crippen LogP contribution in [0.25, 0.3) is 89.3 Å². The Labute approximate surface area is 270 Å². The molecular formula is C42H26N4O. The van der Waals surface area contributed by atoms with Crippen molar-refractivity contribution in [2.75, 3.05) is 0 Å². The molecule has 0 saturated carbocycles. The average Bonchev–Trinajstić information content (AvgIpc) is 3.53. The largest absolute Gasteiger partial charge is 0.454 e. The normalized spacial score (nSPS) is 11.4. The van der Waals surface area contributed by atoms with Crippen LogP contribution >= 0.6 is 0 Å². The van der Waals surface area contributed by atoms with Crippen molar-refractivity contribution in [3.63, 3.8) is 0 Å². The van der Waals surface area contributed by atoms with Gasteiger partial charge in [-0.2, -0.15) is 0 Å². The number of hydrogen-bond acceptors (Lipinski definition) is 5. The highest BCUT2D eigenvalue weighted by Gasteiger charge is 2.15. The number of rotatable bonds is 5. The first-order chi connectivity index (χ1) is 23.2. The molecule has 5 heteroatoms. The van der Waals surface area contributed by atoms with Gasteiger partial charge in [0.2, 0.25) is 0 Å². The Balaban J connectivity index is 1.14. The lowest BCUT2D eigenvalue weighted by Crippen LogP contribution is -2.00. The summed E-state index contributed by atoms with van der Waals surface area (Å²) in [5.74, 6) is 1.79. The van der Waals surface area contributed by atoms with E-state index in [-0.39, 0.29) is 0 Å². The lowest BCUT2D eigenvalue weighted by Gasteiger charge is -2.10. The quantitative estimate of drug-likeness (QED) is 0.196. The Morgan fingerprint density at radius 1 is 0.362 bits per heavy atom. The Bertz CT molecular complexity index is 2560. The number of benzene rings is 6. The molecule has 0 unspecified atom stereocenters. The highest BCUT2D eigenvalue weighted by Crippen LogP contribution is 2.33. The Morgan fingerprint density at radius 2 is 0.915 bits per heavy atom. The van der Waals surface area contributed by atoms with E-state index in [1.807, 2.05) is 48.5 Å². The molecule has 220 valence electrons. The van der Waals surface area contributed by atoms with Gasteiger partial charge in [-0.1, -0.05) is 121 Å². The molecule has 9 aromatic rings. The van der Waals surface area contributed by atoms with Crippen LogP contribution < -0.4 is 0 Å². The summed E-state index contributed by atoms with van der Waals surface area (Å²) in [6.45, 7) is 0. The molecule has 0 aliphatic rings. The fourth-order valence-corrected chi connectivity index (χ4v) is 6.12. The van der Waals surface area contributed by atoms with Crippen LogP contribution in [0.3, 0.4) is 0 Å². The second-order valence-corrected chi connectivity index (χ2v) is 11.6. The van der Waals surface area contributed by atoms with E-state index in [4.69, 9.17) is 19.4 Å². The standard InChI is InChI=1S/C42H26N4O/c1-2-7-27(8-3-1)29-12-17-31(18-13-29)40-44-41(32-19-14-30(15-20-32)34-21-16-28-9-4-5-10-33(28)25-34)46-42(45-40)35-22-23-36-38(26-35)47-37-11-6-24-43-39(36)37/h1-26H. The first-order valence-corrected chi connectivity index (χ1v) is 15.5. The summed E-state index contributed by atoms with van der Waals surface area (Å²) >= 11 is 0. The van der Waals surface area contributed by atoms with Gasteiger partial charge in [0, 0.05) is 28.3 Å². The summed E-state index contributed by atoms with van der Waals surface area (Å²) in [6.07, 6.45) is 1.78. The lowest BCUT2D eigenvalue weighted by atomic mass is 10.00. The molecule has 3 aromatic heterocycles. The number of hydrogen-bond donors (Lipinski definition) is 0. The third-order valence-corrected chi connectivity index (χ3v) is 8.60. The fourth-order valence-electron chi connectivity index (χ4n) is 6.12. The minimum absolute atomic E-state index is 0.575. The van der Waals surface area contributed by atoms with E-state index in [1.165, 1.54) is 16.3 Å². The Morgan fingerprint density at radius 3 is 1.64 bits per heavy atom. The topological polar surface area (TPSA) is 64.7 Å². The Kier molecular flexibility index (Phi) is 6.39. The molecule has 5 nitrogen and oxygen atoms in total. The van der Waals surface area contributed by atoms with Crippen molar-refractivity contribution < 1.29 is 4.42 Å². The molecule has 0 fully saturated rings. The number of nitrogens with zero attached hydrogens (tertiary/aromatic N) is 4. The molecule has 0 aliphatic heterocycles. The molecule has 3 heterocycles. The Hall–Kier alpha value is -6.46. The van der Waals surface area contributed by atoms with Gasteiger partial charge >= 0.3 is 0 Å². The predicted molar refractivity (Wildman–Crippen MR) is 190 cm³/mol. The number of furan rings is 1. The van der Waals surface area contributed by atoms with E-state index in [2.05, 4.69) is 108 Å². The van der Waals surface area contributed by atoms with Crippen molar-refractivity contribution in [2.24, 2.45) is 0 Å². The van der Waals surface area contributed by atoms with Crippen molar-refractivity contribution in [1.29, 1.82) is 0 Å². The molecule has 0 spiro atoms. The number of aromatic nitrogens is 4. The summed E-state index contributed by atoms with van der Waals surface area (Å²) in [4.78, 5) is 19.5. The second kappa shape index (κ2) is 11.2. The average molecular weight is 603 g/mol. The minimum atomic E-state index is 0.575. The van der Waals surface area contributed by atoms with Crippen LogP contribution in [-0.2, 0) is 0 Å². The fraction of sp³-hybridized carbons (Fsp3) is 0. The second-order valence-electron chi connectivity index (χ2n) is 11.6. The molecule has 0 amide bonds. The highest BCUT2D eigenvalue weighted by atomic mass is 16.3. The van der Waals surface area contributed by atoms with Crippen LogP contribution in [0.5, 0.6) is 0 Å². The maximum absolute atomic E-state index is 6.15. The van der Waals surface area contributed by atoms with Gasteiger partial charge in [0.05, 0.1) is 0 Å². The van der Waals surface area contributed by atoms with E-state index in [1.54, 1.807) is 6.20 Å². The van der Waals surface area contributed by atoms with Crippen molar-refractivity contribution >= 4 is 32.8 Å². The molecule has 0 atom stereocenters. The number of fused-ring (bicyclic) bond motifs is 4. The molecule has 47 heavy (non-hydrogen) atoms. The van der Waals surface area contributed by atoms with Gasteiger partial charge in [0.25, 0.3) is 0 Å². The first kappa shape index (κ1) is 26.9. The summed E-state index contributed by atoms with van der Waals surface area (Å²) in [7, 11) is 0. The van der Waals surface area contributed by atoms with E-state index in [0.717, 1.165) is 55.4 Å². The van der Waals surface area contributed by atoms with Crippen molar-refractivity contribution in [3.8, 4) is 56.4 Å². The molecular weight excluding hydrogens is 576 g/mol. The number of pyridine rings is 1. The van der Waals surface area contributed by atoms with Gasteiger partial charge in [-0.25, -0.2) is 15.0 Å². The van der Waals surface area contributed by atoms with E-state index in [9.17, 15) is 0 Å². The third kappa shape index (κ3) is 5.00. The van der Waals surface area contributed by atoms with Crippen LogP contribution in [0.1, 0.15) is 0 Å². The highest BCUT2D eigenvalue weighted by molar-refractivity contribution is 6.03. The summed E-state index contributed by atoms with van der Waals surface area (Å²) in [5.41, 5.74) is 9.60. The summed E-state index contributed by atoms with van der Waals surface area (Å²) in [6, 6.07) is 52.0. The smallest absolute Gasteiger partial charge is 0.164 e.